The normalized spacial score (nSPS) is 13.2. The number of carbonyl (C=O) groups is 1. The monoisotopic (exact) mass is 387 g/mol. The van der Waals surface area contributed by atoms with Crippen LogP contribution in [0, 0.1) is 20.8 Å². The molecule has 3 aromatic carbocycles. The van der Waals surface area contributed by atoms with Crippen molar-refractivity contribution in [3.8, 4) is 0 Å². The third-order valence-corrected chi connectivity index (χ3v) is 5.23. The lowest BCUT2D eigenvalue weighted by molar-refractivity contribution is 0.00480. The van der Waals surface area contributed by atoms with Gasteiger partial charge in [-0.15, -0.1) is 0 Å². The van der Waals surface area contributed by atoms with Crippen molar-refractivity contribution in [2.45, 2.75) is 32.9 Å². The Bertz CT molecular complexity index is 942. The summed E-state index contributed by atoms with van der Waals surface area (Å²) in [5.74, 6) is -0.281. The number of hydrogen-bond acceptors (Lipinski definition) is 3. The summed E-state index contributed by atoms with van der Waals surface area (Å²) >= 11 is 0. The molecule has 0 amide bonds. The van der Waals surface area contributed by atoms with Gasteiger partial charge in [0, 0.05) is 0 Å². The number of rotatable bonds is 6. The van der Waals surface area contributed by atoms with Gasteiger partial charge >= 0.3 is 5.97 Å². The van der Waals surface area contributed by atoms with Crippen LogP contribution in [0.5, 0.6) is 0 Å². The second kappa shape index (κ2) is 9.06. The minimum atomic E-state index is -0.429. The number of benzene rings is 3. The Morgan fingerprint density at radius 1 is 0.793 bits per heavy atom. The number of hydrogen-bond donors (Lipinski definition) is 0. The minimum Gasteiger partial charge on any atom is -0.452 e. The zero-order valence-electron chi connectivity index (χ0n) is 17.8. The number of aryl methyl sites for hydroxylation is 3. The lowest BCUT2D eigenvalue weighted by Gasteiger charge is -2.33. The van der Waals surface area contributed by atoms with Crippen LogP contribution in [0.2, 0.25) is 0 Å². The molecule has 150 valence electrons. The van der Waals surface area contributed by atoms with Crippen LogP contribution >= 0.6 is 0 Å². The molecule has 0 aliphatic heterocycles. The molecule has 0 aliphatic carbocycles. The number of nitrogens with zero attached hydrogens (tertiary/aromatic N) is 1. The maximum absolute atomic E-state index is 13.3. The minimum absolute atomic E-state index is 0.103. The molecule has 0 aliphatic rings. The molecule has 0 radical (unpaired) electrons. The van der Waals surface area contributed by atoms with E-state index in [1.807, 2.05) is 95.5 Å². The fourth-order valence-electron chi connectivity index (χ4n) is 4.03. The third-order valence-electron chi connectivity index (χ3n) is 5.23. The van der Waals surface area contributed by atoms with Crippen molar-refractivity contribution in [3.05, 3.63) is 106 Å². The molecular weight excluding hydrogens is 358 g/mol. The fourth-order valence-corrected chi connectivity index (χ4v) is 4.03. The van der Waals surface area contributed by atoms with E-state index in [-0.39, 0.29) is 12.0 Å². The maximum Gasteiger partial charge on any atom is 0.339 e. The van der Waals surface area contributed by atoms with Gasteiger partial charge in [-0.05, 0) is 57.1 Å². The van der Waals surface area contributed by atoms with Crippen LogP contribution in [0.3, 0.4) is 0 Å². The van der Waals surface area contributed by atoms with Crippen LogP contribution in [0.15, 0.2) is 72.8 Å². The predicted molar refractivity (Wildman–Crippen MR) is 118 cm³/mol. The molecule has 3 nitrogen and oxygen atoms in total. The Morgan fingerprint density at radius 2 is 1.28 bits per heavy atom. The van der Waals surface area contributed by atoms with E-state index in [2.05, 4.69) is 17.0 Å². The van der Waals surface area contributed by atoms with E-state index in [1.165, 1.54) is 0 Å². The smallest absolute Gasteiger partial charge is 0.339 e. The van der Waals surface area contributed by atoms with Gasteiger partial charge in [-0.3, -0.25) is 4.90 Å². The Morgan fingerprint density at radius 3 is 1.76 bits per heavy atom. The van der Waals surface area contributed by atoms with Gasteiger partial charge < -0.3 is 4.74 Å². The Kier molecular flexibility index (Phi) is 6.50. The molecule has 2 atom stereocenters. The van der Waals surface area contributed by atoms with E-state index in [9.17, 15) is 4.79 Å². The van der Waals surface area contributed by atoms with Gasteiger partial charge in [-0.2, -0.15) is 0 Å². The molecule has 0 aromatic heterocycles. The van der Waals surface area contributed by atoms with Crippen molar-refractivity contribution in [2.24, 2.45) is 0 Å². The highest BCUT2D eigenvalue weighted by molar-refractivity contribution is 5.93. The summed E-state index contributed by atoms with van der Waals surface area (Å²) in [6.07, 6.45) is -0.429. The molecule has 0 fully saturated rings. The molecule has 0 bridgehead atoms. The summed E-state index contributed by atoms with van der Waals surface area (Å²) in [6, 6.07) is 24.1. The van der Waals surface area contributed by atoms with Gasteiger partial charge in [0.05, 0.1) is 11.6 Å². The zero-order chi connectivity index (χ0) is 21.0. The topological polar surface area (TPSA) is 29.5 Å². The van der Waals surface area contributed by atoms with Crippen LogP contribution < -0.4 is 0 Å². The first-order valence-electron chi connectivity index (χ1n) is 9.93. The molecular formula is C26H29NO2. The highest BCUT2D eigenvalue weighted by Gasteiger charge is 2.31. The maximum atomic E-state index is 13.3. The summed E-state index contributed by atoms with van der Waals surface area (Å²) in [5.41, 5.74) is 5.77. The van der Waals surface area contributed by atoms with Gasteiger partial charge in [0.2, 0.25) is 0 Å². The van der Waals surface area contributed by atoms with E-state index < -0.39 is 6.10 Å². The molecule has 0 saturated heterocycles. The van der Waals surface area contributed by atoms with Gasteiger partial charge in [-0.25, -0.2) is 4.79 Å². The molecule has 0 spiro atoms. The SMILES string of the molecule is Cc1cc(C)c(C(=O)O[C@H](c2ccccc2)[C@H](c2ccccc2)N(C)C)c(C)c1. The zero-order valence-corrected chi connectivity index (χ0v) is 17.8. The van der Waals surface area contributed by atoms with Gasteiger partial charge in [0.25, 0.3) is 0 Å². The Balaban J connectivity index is 2.04. The van der Waals surface area contributed by atoms with Crippen LogP contribution in [-0.4, -0.2) is 25.0 Å². The number of esters is 1. The van der Waals surface area contributed by atoms with Crippen molar-refractivity contribution < 1.29 is 9.53 Å². The largest absolute Gasteiger partial charge is 0.452 e. The first-order chi connectivity index (χ1) is 13.9. The van der Waals surface area contributed by atoms with Gasteiger partial charge in [-0.1, -0.05) is 78.4 Å². The molecule has 0 unspecified atom stereocenters. The third kappa shape index (κ3) is 4.75. The second-order valence-electron chi connectivity index (χ2n) is 7.83. The summed E-state index contributed by atoms with van der Waals surface area (Å²) in [4.78, 5) is 15.4. The van der Waals surface area contributed by atoms with E-state index in [4.69, 9.17) is 4.74 Å². The standard InChI is InChI=1S/C26H29NO2/c1-18-16-19(2)23(20(3)17-18)26(28)29-25(22-14-10-7-11-15-22)24(27(4)5)21-12-8-6-9-13-21/h6-17,24-25H,1-5H3/t24-,25+/m0/s1. The summed E-state index contributed by atoms with van der Waals surface area (Å²) in [5, 5.41) is 0. The average molecular weight is 388 g/mol. The Hall–Kier alpha value is -2.91. The average Bonchev–Trinajstić information content (AvgIpc) is 2.68. The molecule has 3 rings (SSSR count). The predicted octanol–water partition coefficient (Wildman–Crippen LogP) is 5.81. The van der Waals surface area contributed by atoms with Crippen LogP contribution in [-0.2, 0) is 4.74 Å². The van der Waals surface area contributed by atoms with E-state index in [0.717, 1.165) is 27.8 Å². The first-order valence-corrected chi connectivity index (χ1v) is 9.93. The van der Waals surface area contributed by atoms with E-state index in [0.29, 0.717) is 5.56 Å². The van der Waals surface area contributed by atoms with Gasteiger partial charge in [0.1, 0.15) is 6.10 Å². The van der Waals surface area contributed by atoms with Crippen molar-refractivity contribution in [3.63, 3.8) is 0 Å². The van der Waals surface area contributed by atoms with E-state index >= 15 is 0 Å². The summed E-state index contributed by atoms with van der Waals surface area (Å²) in [7, 11) is 4.04. The lowest BCUT2D eigenvalue weighted by atomic mass is 9.94. The number of ether oxygens (including phenoxy) is 1. The van der Waals surface area contributed by atoms with Crippen LogP contribution in [0.1, 0.15) is 50.3 Å². The van der Waals surface area contributed by atoms with E-state index in [1.54, 1.807) is 0 Å². The lowest BCUT2D eigenvalue weighted by Crippen LogP contribution is -2.29. The number of likely N-dealkylation sites (N-methyl/N-ethyl adjacent to an activating group) is 1. The summed E-state index contributed by atoms with van der Waals surface area (Å²) in [6.45, 7) is 5.98. The molecule has 29 heavy (non-hydrogen) atoms. The molecule has 0 saturated carbocycles. The van der Waals surface area contributed by atoms with Crippen molar-refractivity contribution in [1.29, 1.82) is 0 Å². The highest BCUT2D eigenvalue weighted by atomic mass is 16.5. The quantitative estimate of drug-likeness (QED) is 0.500. The second-order valence-corrected chi connectivity index (χ2v) is 7.83. The van der Waals surface area contributed by atoms with Gasteiger partial charge in [0.15, 0.2) is 0 Å². The molecule has 3 heteroatoms. The van der Waals surface area contributed by atoms with Crippen molar-refractivity contribution >= 4 is 5.97 Å². The molecule has 3 aromatic rings. The summed E-state index contributed by atoms with van der Waals surface area (Å²) < 4.78 is 6.22. The van der Waals surface area contributed by atoms with Crippen LogP contribution in [0.25, 0.3) is 0 Å². The fraction of sp³-hybridized carbons (Fsp3) is 0.269. The first kappa shape index (κ1) is 20.8. The van der Waals surface area contributed by atoms with Crippen LogP contribution in [0.4, 0.5) is 0 Å². The Labute approximate surface area is 174 Å². The highest BCUT2D eigenvalue weighted by Crippen LogP contribution is 2.36. The molecule has 0 N–H and O–H groups in total. The van der Waals surface area contributed by atoms with Crippen molar-refractivity contribution in [2.75, 3.05) is 14.1 Å². The number of carbonyl (C=O) groups excluding carboxylic acids is 1. The van der Waals surface area contributed by atoms with Crippen molar-refractivity contribution in [1.82, 2.24) is 4.90 Å². The molecule has 0 heterocycles.